The average Bonchev–Trinajstić information content (AvgIpc) is 2.73. The minimum atomic E-state index is -3.97. The molecule has 0 spiro atoms. The number of rotatable bonds is 12. The molecule has 1 atom stereocenters. The fourth-order valence-electron chi connectivity index (χ4n) is 3.71. The van der Waals surface area contributed by atoms with Crippen LogP contribution in [0.2, 0.25) is 0 Å². The highest BCUT2D eigenvalue weighted by atomic mass is 32.2. The summed E-state index contributed by atoms with van der Waals surface area (Å²) in [5.74, 6) is -2.93. The number of aliphatic hydroxyl groups is 1. The second kappa shape index (κ2) is 12.7. The molecule has 11 heteroatoms. The van der Waals surface area contributed by atoms with Gasteiger partial charge in [-0.05, 0) is 31.6 Å². The van der Waals surface area contributed by atoms with Gasteiger partial charge in [-0.1, -0.05) is 47.0 Å². The summed E-state index contributed by atoms with van der Waals surface area (Å²) in [6, 6.07) is 0. The summed E-state index contributed by atoms with van der Waals surface area (Å²) in [6.07, 6.45) is 4.24. The van der Waals surface area contributed by atoms with Gasteiger partial charge in [-0.15, -0.1) is 0 Å². The molecule has 0 saturated heterocycles. The molecule has 10 nitrogen and oxygen atoms in total. The Morgan fingerprint density at radius 1 is 1.09 bits per heavy atom. The van der Waals surface area contributed by atoms with Crippen molar-refractivity contribution < 1.29 is 41.9 Å². The van der Waals surface area contributed by atoms with Crippen LogP contribution in [0.5, 0.6) is 0 Å². The topological polar surface area (TPSA) is 145 Å². The minimum Gasteiger partial charge on any atom is -0.377 e. The first-order valence-electron chi connectivity index (χ1n) is 11.5. The first kappa shape index (κ1) is 29.3. The second-order valence-corrected chi connectivity index (χ2v) is 11.6. The summed E-state index contributed by atoms with van der Waals surface area (Å²) in [5.41, 5.74) is -3.56. The monoisotopic (exact) mass is 493 g/mol. The zero-order chi connectivity index (χ0) is 25.3. The van der Waals surface area contributed by atoms with Crippen LogP contribution in [0, 0.1) is 17.3 Å². The maximum atomic E-state index is 12.8. The van der Waals surface area contributed by atoms with Gasteiger partial charge in [-0.2, -0.15) is 8.42 Å². The van der Waals surface area contributed by atoms with Crippen LogP contribution < -0.4 is 5.32 Å². The molecular formula is C22H39NO9S. The van der Waals surface area contributed by atoms with Crippen LogP contribution in [-0.2, 0) is 38.5 Å². The van der Waals surface area contributed by atoms with E-state index in [0.717, 1.165) is 19.3 Å². The molecule has 1 aliphatic carbocycles. The molecule has 0 aliphatic heterocycles. The first-order chi connectivity index (χ1) is 15.2. The molecule has 0 aromatic carbocycles. The Balaban J connectivity index is 2.79. The number of carbonyl (C=O) groups excluding carboxylic acids is 3. The van der Waals surface area contributed by atoms with Crippen molar-refractivity contribution in [2.75, 3.05) is 18.9 Å². The van der Waals surface area contributed by atoms with Crippen LogP contribution in [0.25, 0.3) is 0 Å². The Hall–Kier alpha value is -1.72. The fourth-order valence-corrected chi connectivity index (χ4v) is 4.80. The quantitative estimate of drug-likeness (QED) is 0.181. The van der Waals surface area contributed by atoms with E-state index in [1.54, 1.807) is 13.8 Å². The molecular weight excluding hydrogens is 454 g/mol. The molecule has 0 heterocycles. The third-order valence-electron chi connectivity index (χ3n) is 5.84. The van der Waals surface area contributed by atoms with Crippen molar-refractivity contribution in [3.05, 3.63) is 0 Å². The molecule has 1 saturated carbocycles. The van der Waals surface area contributed by atoms with Crippen molar-refractivity contribution >= 4 is 28.0 Å². The number of hydrogen-bond acceptors (Lipinski definition) is 9. The molecule has 33 heavy (non-hydrogen) atoms. The van der Waals surface area contributed by atoms with Crippen molar-refractivity contribution in [1.29, 1.82) is 0 Å². The Bertz CT molecular complexity index is 773. The summed E-state index contributed by atoms with van der Waals surface area (Å²) >= 11 is 0. The highest BCUT2D eigenvalue weighted by molar-refractivity contribution is 7.86. The predicted octanol–water partition coefficient (Wildman–Crippen LogP) is 2.24. The van der Waals surface area contributed by atoms with Gasteiger partial charge >= 0.3 is 11.9 Å². The standard InChI is InChI=1S/C22H39NO9S/c1-16(2)14-22(27,20(26)32-31-19(25)18-10-7-6-8-11-18)21(4,5)15-30-33(28,29)13-9-12-23-17(3)24/h16,18,27H,6-15H2,1-5H3,(H,23,24)/t22-/m0/s1. The SMILES string of the molecule is CC(=O)NCCCS(=O)(=O)OCC(C)(C)[C@](O)(CC(C)C)C(=O)OOC(=O)C1CCCCC1. The van der Waals surface area contributed by atoms with Crippen LogP contribution in [0.1, 0.15) is 79.6 Å². The molecule has 192 valence electrons. The van der Waals surface area contributed by atoms with E-state index in [1.165, 1.54) is 20.8 Å². The number of hydrogen-bond donors (Lipinski definition) is 2. The lowest BCUT2D eigenvalue weighted by molar-refractivity contribution is -0.281. The van der Waals surface area contributed by atoms with Crippen molar-refractivity contribution in [1.82, 2.24) is 5.32 Å². The van der Waals surface area contributed by atoms with E-state index in [4.69, 9.17) is 14.0 Å². The van der Waals surface area contributed by atoms with Gasteiger partial charge in [0, 0.05) is 18.9 Å². The first-order valence-corrected chi connectivity index (χ1v) is 13.0. The van der Waals surface area contributed by atoms with E-state index < -0.39 is 39.7 Å². The van der Waals surface area contributed by atoms with Crippen molar-refractivity contribution in [3.63, 3.8) is 0 Å². The molecule has 0 unspecified atom stereocenters. The maximum Gasteiger partial charge on any atom is 0.387 e. The van der Waals surface area contributed by atoms with Gasteiger partial charge in [-0.25, -0.2) is 19.4 Å². The van der Waals surface area contributed by atoms with Crippen molar-refractivity contribution in [2.24, 2.45) is 17.3 Å². The van der Waals surface area contributed by atoms with Crippen LogP contribution >= 0.6 is 0 Å². The minimum absolute atomic E-state index is 0.0637. The normalized spacial score (nSPS) is 17.3. The molecule has 1 fully saturated rings. The zero-order valence-corrected chi connectivity index (χ0v) is 21.2. The number of nitrogens with one attached hydrogen (secondary N) is 1. The van der Waals surface area contributed by atoms with Crippen LogP contribution in [-0.4, -0.2) is 55.9 Å². The van der Waals surface area contributed by atoms with E-state index in [1.807, 2.05) is 0 Å². The summed E-state index contributed by atoms with van der Waals surface area (Å²) in [6.45, 7) is 7.53. The van der Waals surface area contributed by atoms with E-state index in [-0.39, 0.29) is 42.9 Å². The molecule has 0 aromatic heterocycles. The van der Waals surface area contributed by atoms with E-state index in [9.17, 15) is 27.9 Å². The summed E-state index contributed by atoms with van der Waals surface area (Å²) in [4.78, 5) is 45.4. The van der Waals surface area contributed by atoms with Gasteiger partial charge in [0.25, 0.3) is 10.1 Å². The van der Waals surface area contributed by atoms with Gasteiger partial charge in [0.15, 0.2) is 5.60 Å². The average molecular weight is 494 g/mol. The third kappa shape index (κ3) is 9.58. The highest BCUT2D eigenvalue weighted by Gasteiger charge is 2.53. The van der Waals surface area contributed by atoms with Gasteiger partial charge < -0.3 is 10.4 Å². The van der Waals surface area contributed by atoms with Gasteiger partial charge in [0.1, 0.15) is 0 Å². The van der Waals surface area contributed by atoms with Crippen LogP contribution in [0.4, 0.5) is 0 Å². The lowest BCUT2D eigenvalue weighted by Crippen LogP contribution is -2.55. The molecule has 0 radical (unpaired) electrons. The van der Waals surface area contributed by atoms with E-state index in [0.29, 0.717) is 12.8 Å². The predicted molar refractivity (Wildman–Crippen MR) is 120 cm³/mol. The van der Waals surface area contributed by atoms with Gasteiger partial charge in [-0.3, -0.25) is 8.98 Å². The Morgan fingerprint density at radius 2 is 1.70 bits per heavy atom. The van der Waals surface area contributed by atoms with Crippen molar-refractivity contribution in [3.8, 4) is 0 Å². The molecule has 2 N–H and O–H groups in total. The van der Waals surface area contributed by atoms with Gasteiger partial charge in [0.05, 0.1) is 18.3 Å². The molecule has 0 aromatic rings. The molecule has 1 amide bonds. The van der Waals surface area contributed by atoms with Crippen molar-refractivity contribution in [2.45, 2.75) is 85.2 Å². The lowest BCUT2D eigenvalue weighted by atomic mass is 9.71. The van der Waals surface area contributed by atoms with Crippen LogP contribution in [0.15, 0.2) is 0 Å². The van der Waals surface area contributed by atoms with Gasteiger partial charge in [0.2, 0.25) is 5.91 Å². The van der Waals surface area contributed by atoms with E-state index in [2.05, 4.69) is 5.32 Å². The highest BCUT2D eigenvalue weighted by Crippen LogP contribution is 2.38. The molecule has 1 rings (SSSR count). The largest absolute Gasteiger partial charge is 0.387 e. The molecule has 1 aliphatic rings. The number of carbonyl (C=O) groups is 3. The summed E-state index contributed by atoms with van der Waals surface area (Å²) < 4.78 is 29.5. The van der Waals surface area contributed by atoms with E-state index >= 15 is 0 Å². The number of amides is 1. The summed E-state index contributed by atoms with van der Waals surface area (Å²) in [5, 5.41) is 13.8. The Morgan fingerprint density at radius 3 is 2.24 bits per heavy atom. The smallest absolute Gasteiger partial charge is 0.377 e. The fraction of sp³-hybridized carbons (Fsp3) is 0.864. The Kier molecular flexibility index (Phi) is 11.2. The zero-order valence-electron chi connectivity index (χ0n) is 20.3. The summed E-state index contributed by atoms with van der Waals surface area (Å²) in [7, 11) is -3.97. The maximum absolute atomic E-state index is 12.8. The second-order valence-electron chi connectivity index (χ2n) is 9.81. The third-order valence-corrected chi connectivity index (χ3v) is 7.11. The Labute approximate surface area is 196 Å². The van der Waals surface area contributed by atoms with Crippen LogP contribution in [0.3, 0.4) is 0 Å². The lowest BCUT2D eigenvalue weighted by Gasteiger charge is -2.40. The molecule has 0 bridgehead atoms.